The lowest BCUT2D eigenvalue weighted by molar-refractivity contribution is -0.116. The van der Waals surface area contributed by atoms with E-state index in [1.807, 2.05) is 50.2 Å². The second kappa shape index (κ2) is 13.4. The number of nitrogens with one attached hydrogen (secondary N) is 3. The Bertz CT molecular complexity index is 1010. The Morgan fingerprint density at radius 1 is 1.03 bits per heavy atom. The molecule has 0 bridgehead atoms. The Hall–Kier alpha value is -2.14. The second-order valence-corrected chi connectivity index (χ2v) is 9.88. The first kappa shape index (κ1) is 27.9. The van der Waals surface area contributed by atoms with Crippen molar-refractivity contribution in [1.29, 1.82) is 0 Å². The highest BCUT2D eigenvalue weighted by atomic mass is 127. The van der Waals surface area contributed by atoms with Crippen molar-refractivity contribution in [3.63, 3.8) is 0 Å². The Morgan fingerprint density at radius 3 is 2.31 bits per heavy atom. The minimum Gasteiger partial charge on any atom is -0.356 e. The van der Waals surface area contributed by atoms with Crippen LogP contribution in [0.5, 0.6) is 0 Å². The maximum Gasteiger partial charge on any atom is 0.224 e. The van der Waals surface area contributed by atoms with Crippen LogP contribution in [0.4, 0.5) is 5.69 Å². The third-order valence-electron chi connectivity index (χ3n) is 4.55. The Morgan fingerprint density at radius 2 is 1.72 bits per heavy atom. The first-order chi connectivity index (χ1) is 14.7. The normalized spacial score (nSPS) is 11.6. The quantitative estimate of drug-likeness (QED) is 0.242. The van der Waals surface area contributed by atoms with Crippen LogP contribution in [0.2, 0.25) is 0 Å². The molecule has 2 aromatic carbocycles. The maximum absolute atomic E-state index is 12.0. The summed E-state index contributed by atoms with van der Waals surface area (Å²) in [6.07, 6.45) is 2.44. The molecule has 7 nitrogen and oxygen atoms in total. The minimum atomic E-state index is -3.17. The van der Waals surface area contributed by atoms with E-state index < -0.39 is 9.84 Å². The molecule has 0 heterocycles. The standard InChI is InChI=1S/C23H32N4O3S.HI/c1-17(2)14-22(28)27-20-7-5-6-19(15-20)16-26-23(24-3)25-13-12-18-8-10-21(11-9-18)31(4,29)30;/h5-11,15,17H,12-14,16H2,1-4H3,(H,27,28)(H2,24,25,26);1H. The first-order valence-corrected chi connectivity index (χ1v) is 12.2. The predicted octanol–water partition coefficient (Wildman–Crippen LogP) is 3.60. The summed E-state index contributed by atoms with van der Waals surface area (Å²) < 4.78 is 23.1. The summed E-state index contributed by atoms with van der Waals surface area (Å²) >= 11 is 0. The van der Waals surface area contributed by atoms with E-state index in [1.54, 1.807) is 19.2 Å². The number of amides is 1. The van der Waals surface area contributed by atoms with Crippen molar-refractivity contribution in [1.82, 2.24) is 10.6 Å². The molecule has 176 valence electrons. The molecule has 1 amide bonds. The van der Waals surface area contributed by atoms with Gasteiger partial charge in [0.2, 0.25) is 5.91 Å². The molecule has 0 atom stereocenters. The van der Waals surface area contributed by atoms with Gasteiger partial charge in [-0.3, -0.25) is 9.79 Å². The summed E-state index contributed by atoms with van der Waals surface area (Å²) in [5.74, 6) is 1.00. The molecule has 32 heavy (non-hydrogen) atoms. The third-order valence-corrected chi connectivity index (χ3v) is 5.67. The molecule has 0 radical (unpaired) electrons. The van der Waals surface area contributed by atoms with Gasteiger partial charge in [-0.2, -0.15) is 0 Å². The number of anilines is 1. The van der Waals surface area contributed by atoms with Crippen LogP contribution in [0.15, 0.2) is 58.4 Å². The van der Waals surface area contributed by atoms with Gasteiger partial charge < -0.3 is 16.0 Å². The molecule has 2 aromatic rings. The highest BCUT2D eigenvalue weighted by Crippen LogP contribution is 2.12. The number of nitrogens with zero attached hydrogens (tertiary/aromatic N) is 1. The number of guanidine groups is 1. The summed E-state index contributed by atoms with van der Waals surface area (Å²) in [7, 11) is -1.47. The zero-order valence-corrected chi connectivity index (χ0v) is 22.2. The number of aliphatic imine (C=N–C) groups is 1. The fraction of sp³-hybridized carbons (Fsp3) is 0.391. The van der Waals surface area contributed by atoms with Gasteiger partial charge in [-0.25, -0.2) is 8.42 Å². The molecule has 0 saturated heterocycles. The van der Waals surface area contributed by atoms with Crippen molar-refractivity contribution < 1.29 is 13.2 Å². The Balaban J connectivity index is 0.00000512. The second-order valence-electron chi connectivity index (χ2n) is 7.87. The van der Waals surface area contributed by atoms with Crippen LogP contribution in [-0.2, 0) is 27.6 Å². The van der Waals surface area contributed by atoms with E-state index in [0.717, 1.165) is 23.2 Å². The van der Waals surface area contributed by atoms with Crippen molar-refractivity contribution in [2.45, 2.75) is 38.1 Å². The Labute approximate surface area is 208 Å². The predicted molar refractivity (Wildman–Crippen MR) is 141 cm³/mol. The summed E-state index contributed by atoms with van der Waals surface area (Å²) in [6, 6.07) is 14.6. The van der Waals surface area contributed by atoms with Crippen molar-refractivity contribution >= 4 is 51.4 Å². The summed E-state index contributed by atoms with van der Waals surface area (Å²) in [5.41, 5.74) is 2.85. The molecule has 0 spiro atoms. The van der Waals surface area contributed by atoms with Crippen molar-refractivity contribution in [3.05, 3.63) is 59.7 Å². The van der Waals surface area contributed by atoms with E-state index in [9.17, 15) is 13.2 Å². The van der Waals surface area contributed by atoms with Gasteiger partial charge in [0, 0.05) is 38.5 Å². The average molecular weight is 573 g/mol. The molecule has 0 aliphatic heterocycles. The number of carbonyl (C=O) groups excluding carboxylic acids is 1. The van der Waals surface area contributed by atoms with Gasteiger partial charge in [0.25, 0.3) is 0 Å². The molecule has 3 N–H and O–H groups in total. The SMILES string of the molecule is CN=C(NCCc1ccc(S(C)(=O)=O)cc1)NCc1cccc(NC(=O)CC(C)C)c1.I. The molecule has 0 saturated carbocycles. The minimum absolute atomic E-state index is 0. The van der Waals surface area contributed by atoms with Gasteiger partial charge >= 0.3 is 0 Å². The van der Waals surface area contributed by atoms with E-state index in [4.69, 9.17) is 0 Å². The number of halogens is 1. The van der Waals surface area contributed by atoms with E-state index in [1.165, 1.54) is 6.26 Å². The fourth-order valence-electron chi connectivity index (χ4n) is 2.98. The lowest BCUT2D eigenvalue weighted by atomic mass is 10.1. The van der Waals surface area contributed by atoms with E-state index in [-0.39, 0.29) is 29.9 Å². The van der Waals surface area contributed by atoms with Gasteiger partial charge in [-0.05, 0) is 47.7 Å². The number of benzene rings is 2. The van der Waals surface area contributed by atoms with Gasteiger partial charge in [0.1, 0.15) is 0 Å². The number of rotatable bonds is 9. The zero-order valence-electron chi connectivity index (χ0n) is 19.0. The smallest absolute Gasteiger partial charge is 0.224 e. The van der Waals surface area contributed by atoms with Gasteiger partial charge in [0.15, 0.2) is 15.8 Å². The highest BCUT2D eigenvalue weighted by molar-refractivity contribution is 14.0. The summed E-state index contributed by atoms with van der Waals surface area (Å²) in [6.45, 7) is 5.26. The zero-order chi connectivity index (χ0) is 22.9. The Kier molecular flexibility index (Phi) is 11.7. The number of carbonyl (C=O) groups is 1. The van der Waals surface area contributed by atoms with Crippen LogP contribution in [0.3, 0.4) is 0 Å². The molecule has 0 aliphatic rings. The van der Waals surface area contributed by atoms with Crippen LogP contribution in [0.25, 0.3) is 0 Å². The summed E-state index contributed by atoms with van der Waals surface area (Å²) in [5, 5.41) is 9.44. The lowest BCUT2D eigenvalue weighted by Gasteiger charge is -2.13. The lowest BCUT2D eigenvalue weighted by Crippen LogP contribution is -2.37. The summed E-state index contributed by atoms with van der Waals surface area (Å²) in [4.78, 5) is 16.5. The number of hydrogen-bond acceptors (Lipinski definition) is 4. The number of sulfone groups is 1. The molecule has 9 heteroatoms. The monoisotopic (exact) mass is 572 g/mol. The van der Waals surface area contributed by atoms with Gasteiger partial charge in [0.05, 0.1) is 4.90 Å². The van der Waals surface area contributed by atoms with Crippen LogP contribution < -0.4 is 16.0 Å². The molecular weight excluding hydrogens is 539 g/mol. The van der Waals surface area contributed by atoms with Crippen LogP contribution in [0.1, 0.15) is 31.4 Å². The van der Waals surface area contributed by atoms with Crippen LogP contribution in [-0.4, -0.2) is 40.1 Å². The van der Waals surface area contributed by atoms with Crippen molar-refractivity contribution in [2.75, 3.05) is 25.2 Å². The van der Waals surface area contributed by atoms with Gasteiger partial charge in [-0.15, -0.1) is 24.0 Å². The maximum atomic E-state index is 12.0. The molecule has 2 rings (SSSR count). The topological polar surface area (TPSA) is 99.7 Å². The third kappa shape index (κ3) is 9.99. The molecule has 0 fully saturated rings. The van der Waals surface area contributed by atoms with Crippen LogP contribution >= 0.6 is 24.0 Å². The van der Waals surface area contributed by atoms with Gasteiger partial charge in [-0.1, -0.05) is 38.1 Å². The fourth-order valence-corrected chi connectivity index (χ4v) is 3.61. The first-order valence-electron chi connectivity index (χ1n) is 10.3. The van der Waals surface area contributed by atoms with E-state index in [0.29, 0.717) is 36.3 Å². The molecular formula is C23H33IN4O3S. The molecule has 0 aliphatic carbocycles. The molecule has 0 unspecified atom stereocenters. The van der Waals surface area contributed by atoms with E-state index in [2.05, 4.69) is 20.9 Å². The number of hydrogen-bond donors (Lipinski definition) is 3. The average Bonchev–Trinajstić information content (AvgIpc) is 2.70. The van der Waals surface area contributed by atoms with E-state index >= 15 is 0 Å². The van der Waals surface area contributed by atoms with Crippen LogP contribution in [0, 0.1) is 5.92 Å². The van der Waals surface area contributed by atoms with Crippen molar-refractivity contribution in [3.8, 4) is 0 Å². The molecule has 0 aromatic heterocycles. The highest BCUT2D eigenvalue weighted by Gasteiger charge is 2.07. The van der Waals surface area contributed by atoms with Crippen molar-refractivity contribution in [2.24, 2.45) is 10.9 Å². The largest absolute Gasteiger partial charge is 0.356 e.